The minimum absolute atomic E-state index is 0.0919. The number of halogens is 1. The van der Waals surface area contributed by atoms with E-state index in [1.54, 1.807) is 6.92 Å². The van der Waals surface area contributed by atoms with Crippen LogP contribution in [0.2, 0.25) is 5.02 Å². The molecule has 126 valence electrons. The molecule has 1 aromatic carbocycles. The molecule has 6 heteroatoms. The molecular formula is C18H20ClN3O2. The summed E-state index contributed by atoms with van der Waals surface area (Å²) >= 11 is 6.06. The fourth-order valence-electron chi connectivity index (χ4n) is 3.68. The summed E-state index contributed by atoms with van der Waals surface area (Å²) in [4.78, 5) is 19.2. The standard InChI is InChI=1S/C18H20ClN3O2/c1-11-20-17(21-24-11)13-5-3-7-22(10-13)18(23)16-9-15(16)12-4-2-6-14(19)8-12/h2,4,6,8,13,15-16H,3,5,7,9-10H2,1H3/t13-,15-,16-/m1/s1. The minimum atomic E-state index is 0.0919. The van der Waals surface area contributed by atoms with Gasteiger partial charge in [-0.05, 0) is 42.9 Å². The molecule has 2 aromatic rings. The van der Waals surface area contributed by atoms with Crippen molar-refractivity contribution in [1.82, 2.24) is 15.0 Å². The zero-order chi connectivity index (χ0) is 16.7. The van der Waals surface area contributed by atoms with E-state index in [1.165, 1.54) is 5.56 Å². The predicted octanol–water partition coefficient (Wildman–Crippen LogP) is 3.54. The third-order valence-electron chi connectivity index (χ3n) is 5.03. The number of likely N-dealkylation sites (tertiary alicyclic amines) is 1. The second-order valence-electron chi connectivity index (χ2n) is 6.80. The Labute approximate surface area is 146 Å². The van der Waals surface area contributed by atoms with Crippen LogP contribution in [0, 0.1) is 12.8 Å². The number of rotatable bonds is 3. The SMILES string of the molecule is Cc1nc([C@@H]2CCCN(C(=O)[C@@H]3C[C@@H]3c3cccc(Cl)c3)C2)no1. The smallest absolute Gasteiger partial charge is 0.226 e. The van der Waals surface area contributed by atoms with E-state index in [1.807, 2.05) is 23.1 Å². The monoisotopic (exact) mass is 345 g/mol. The summed E-state index contributed by atoms with van der Waals surface area (Å²) in [5.41, 5.74) is 1.17. The second kappa shape index (κ2) is 6.20. The second-order valence-corrected chi connectivity index (χ2v) is 7.24. The molecule has 5 nitrogen and oxygen atoms in total. The molecule has 1 amide bonds. The van der Waals surface area contributed by atoms with Crippen molar-refractivity contribution in [3.63, 3.8) is 0 Å². The highest BCUT2D eigenvalue weighted by atomic mass is 35.5. The Morgan fingerprint density at radius 2 is 2.29 bits per heavy atom. The molecule has 1 saturated heterocycles. The summed E-state index contributed by atoms with van der Waals surface area (Å²) in [6, 6.07) is 7.85. The van der Waals surface area contributed by atoms with Gasteiger partial charge in [0.1, 0.15) is 0 Å². The van der Waals surface area contributed by atoms with Gasteiger partial charge in [0.25, 0.3) is 0 Å². The van der Waals surface area contributed by atoms with Crippen molar-refractivity contribution in [2.45, 2.75) is 38.0 Å². The van der Waals surface area contributed by atoms with Gasteiger partial charge in [0.05, 0.1) is 0 Å². The van der Waals surface area contributed by atoms with Crippen LogP contribution in [-0.2, 0) is 4.79 Å². The van der Waals surface area contributed by atoms with Gasteiger partial charge in [0, 0.05) is 36.9 Å². The van der Waals surface area contributed by atoms with Crippen molar-refractivity contribution in [3.05, 3.63) is 46.6 Å². The summed E-state index contributed by atoms with van der Waals surface area (Å²) in [6.45, 7) is 3.31. The van der Waals surface area contributed by atoms with Gasteiger partial charge in [-0.1, -0.05) is 28.9 Å². The maximum Gasteiger partial charge on any atom is 0.226 e. The Morgan fingerprint density at radius 1 is 1.42 bits per heavy atom. The molecular weight excluding hydrogens is 326 g/mol. The lowest BCUT2D eigenvalue weighted by molar-refractivity contribution is -0.133. The Morgan fingerprint density at radius 3 is 3.04 bits per heavy atom. The zero-order valence-corrected chi connectivity index (χ0v) is 14.4. The van der Waals surface area contributed by atoms with E-state index in [0.717, 1.165) is 36.7 Å². The molecule has 2 fully saturated rings. The van der Waals surface area contributed by atoms with Gasteiger partial charge >= 0.3 is 0 Å². The minimum Gasteiger partial charge on any atom is -0.342 e. The number of piperidine rings is 1. The number of carbonyl (C=O) groups is 1. The Hall–Kier alpha value is -1.88. The number of hydrogen-bond donors (Lipinski definition) is 0. The Kier molecular flexibility index (Phi) is 4.04. The zero-order valence-electron chi connectivity index (χ0n) is 13.6. The highest BCUT2D eigenvalue weighted by Crippen LogP contribution is 2.49. The number of aryl methyl sites for hydroxylation is 1. The molecule has 1 aliphatic carbocycles. The topological polar surface area (TPSA) is 59.2 Å². The van der Waals surface area contributed by atoms with Gasteiger partial charge < -0.3 is 9.42 Å². The maximum atomic E-state index is 12.8. The van der Waals surface area contributed by atoms with Gasteiger partial charge in [-0.2, -0.15) is 4.98 Å². The lowest BCUT2D eigenvalue weighted by Crippen LogP contribution is -2.40. The molecule has 0 radical (unpaired) electrons. The van der Waals surface area contributed by atoms with Crippen LogP contribution in [0.1, 0.15) is 48.4 Å². The fourth-order valence-corrected chi connectivity index (χ4v) is 3.88. The third kappa shape index (κ3) is 3.05. The van der Waals surface area contributed by atoms with Crippen LogP contribution in [0.25, 0.3) is 0 Å². The van der Waals surface area contributed by atoms with Crippen LogP contribution in [0.4, 0.5) is 0 Å². The van der Waals surface area contributed by atoms with Crippen LogP contribution in [0.15, 0.2) is 28.8 Å². The van der Waals surface area contributed by atoms with Crippen molar-refractivity contribution < 1.29 is 9.32 Å². The normalized spacial score (nSPS) is 26.4. The number of hydrogen-bond acceptors (Lipinski definition) is 4. The van der Waals surface area contributed by atoms with Crippen molar-refractivity contribution >= 4 is 17.5 Å². The summed E-state index contributed by atoms with van der Waals surface area (Å²) in [5.74, 6) is 2.15. The van der Waals surface area contributed by atoms with E-state index in [0.29, 0.717) is 18.4 Å². The first-order chi connectivity index (χ1) is 11.6. The Bertz CT molecular complexity index is 760. The van der Waals surface area contributed by atoms with Crippen molar-refractivity contribution in [3.8, 4) is 0 Å². The summed E-state index contributed by atoms with van der Waals surface area (Å²) < 4.78 is 5.08. The predicted molar refractivity (Wildman–Crippen MR) is 89.9 cm³/mol. The van der Waals surface area contributed by atoms with Crippen LogP contribution in [-0.4, -0.2) is 34.0 Å². The van der Waals surface area contributed by atoms with Gasteiger partial charge in [0.2, 0.25) is 11.8 Å². The molecule has 2 aliphatic rings. The van der Waals surface area contributed by atoms with E-state index in [-0.39, 0.29) is 17.7 Å². The van der Waals surface area contributed by atoms with Crippen LogP contribution in [0.3, 0.4) is 0 Å². The number of carbonyl (C=O) groups excluding carboxylic acids is 1. The molecule has 24 heavy (non-hydrogen) atoms. The van der Waals surface area contributed by atoms with Crippen LogP contribution in [0.5, 0.6) is 0 Å². The first-order valence-electron chi connectivity index (χ1n) is 8.46. The lowest BCUT2D eigenvalue weighted by atomic mass is 9.96. The van der Waals surface area contributed by atoms with Crippen molar-refractivity contribution in [2.24, 2.45) is 5.92 Å². The average Bonchev–Trinajstić information content (AvgIpc) is 3.28. The summed E-state index contributed by atoms with van der Waals surface area (Å²) in [7, 11) is 0. The highest BCUT2D eigenvalue weighted by Gasteiger charge is 2.46. The number of aromatic nitrogens is 2. The molecule has 4 rings (SSSR count). The fraction of sp³-hybridized carbons (Fsp3) is 0.500. The lowest BCUT2D eigenvalue weighted by Gasteiger charge is -2.31. The number of benzene rings is 1. The third-order valence-corrected chi connectivity index (χ3v) is 5.26. The van der Waals surface area contributed by atoms with E-state index < -0.39 is 0 Å². The van der Waals surface area contributed by atoms with E-state index in [2.05, 4.69) is 16.2 Å². The van der Waals surface area contributed by atoms with E-state index >= 15 is 0 Å². The average molecular weight is 346 g/mol. The molecule has 3 atom stereocenters. The Balaban J connectivity index is 1.42. The molecule has 1 aliphatic heterocycles. The summed E-state index contributed by atoms with van der Waals surface area (Å²) in [6.07, 6.45) is 2.91. The number of amides is 1. The van der Waals surface area contributed by atoms with Crippen LogP contribution < -0.4 is 0 Å². The van der Waals surface area contributed by atoms with E-state index in [9.17, 15) is 4.79 Å². The first-order valence-corrected chi connectivity index (χ1v) is 8.84. The first kappa shape index (κ1) is 15.6. The van der Waals surface area contributed by atoms with Crippen molar-refractivity contribution in [2.75, 3.05) is 13.1 Å². The molecule has 2 heterocycles. The highest BCUT2D eigenvalue weighted by molar-refractivity contribution is 6.30. The quantitative estimate of drug-likeness (QED) is 0.853. The maximum absolute atomic E-state index is 12.8. The molecule has 0 unspecified atom stereocenters. The van der Waals surface area contributed by atoms with Gasteiger partial charge in [-0.15, -0.1) is 0 Å². The van der Waals surface area contributed by atoms with Crippen molar-refractivity contribution in [1.29, 1.82) is 0 Å². The van der Waals surface area contributed by atoms with E-state index in [4.69, 9.17) is 16.1 Å². The molecule has 0 bridgehead atoms. The molecule has 1 saturated carbocycles. The summed E-state index contributed by atoms with van der Waals surface area (Å²) in [5, 5.41) is 4.76. The largest absolute Gasteiger partial charge is 0.342 e. The molecule has 1 aromatic heterocycles. The van der Waals surface area contributed by atoms with Gasteiger partial charge in [0.15, 0.2) is 5.82 Å². The molecule has 0 N–H and O–H groups in total. The number of nitrogens with zero attached hydrogens (tertiary/aromatic N) is 3. The molecule has 0 spiro atoms. The van der Waals surface area contributed by atoms with Gasteiger partial charge in [-0.25, -0.2) is 0 Å². The van der Waals surface area contributed by atoms with Gasteiger partial charge in [-0.3, -0.25) is 4.79 Å². The van der Waals surface area contributed by atoms with Crippen LogP contribution >= 0.6 is 11.6 Å².